The molecular weight excluding hydrogens is 188 g/mol. The SMILES string of the molecule is CCCC(C)(CN)Cc1ncnn1CC. The van der Waals surface area contributed by atoms with E-state index in [9.17, 15) is 0 Å². The lowest BCUT2D eigenvalue weighted by molar-refractivity contribution is 0.291. The predicted molar refractivity (Wildman–Crippen MR) is 61.5 cm³/mol. The van der Waals surface area contributed by atoms with Gasteiger partial charge in [-0.1, -0.05) is 20.3 Å². The van der Waals surface area contributed by atoms with Crippen molar-refractivity contribution in [2.45, 2.75) is 46.6 Å². The predicted octanol–water partition coefficient (Wildman–Crippen LogP) is 1.61. The number of hydrogen-bond acceptors (Lipinski definition) is 3. The van der Waals surface area contributed by atoms with E-state index in [-0.39, 0.29) is 5.41 Å². The topological polar surface area (TPSA) is 56.7 Å². The average Bonchev–Trinajstić information content (AvgIpc) is 2.65. The van der Waals surface area contributed by atoms with Gasteiger partial charge in [0.25, 0.3) is 0 Å². The van der Waals surface area contributed by atoms with Crippen molar-refractivity contribution in [2.24, 2.45) is 11.1 Å². The highest BCUT2D eigenvalue weighted by atomic mass is 15.3. The van der Waals surface area contributed by atoms with Crippen LogP contribution in [0.15, 0.2) is 6.33 Å². The molecule has 1 rings (SSSR count). The van der Waals surface area contributed by atoms with Gasteiger partial charge in [0.1, 0.15) is 12.2 Å². The molecule has 0 fully saturated rings. The van der Waals surface area contributed by atoms with Gasteiger partial charge in [0.05, 0.1) is 0 Å². The molecule has 1 heterocycles. The summed E-state index contributed by atoms with van der Waals surface area (Å²) in [5, 5.41) is 4.18. The first-order valence-electron chi connectivity index (χ1n) is 5.72. The molecule has 0 aliphatic carbocycles. The molecule has 1 unspecified atom stereocenters. The van der Waals surface area contributed by atoms with E-state index < -0.39 is 0 Å². The fraction of sp³-hybridized carbons (Fsp3) is 0.818. The molecule has 86 valence electrons. The molecule has 0 aromatic carbocycles. The summed E-state index contributed by atoms with van der Waals surface area (Å²) in [5.41, 5.74) is 6.01. The molecule has 0 amide bonds. The van der Waals surface area contributed by atoms with Gasteiger partial charge in [0.15, 0.2) is 0 Å². The molecule has 0 radical (unpaired) electrons. The third kappa shape index (κ3) is 3.02. The number of nitrogens with two attached hydrogens (primary N) is 1. The summed E-state index contributed by atoms with van der Waals surface area (Å²) in [6.07, 6.45) is 4.85. The Labute approximate surface area is 91.9 Å². The Balaban J connectivity index is 2.74. The van der Waals surface area contributed by atoms with Gasteiger partial charge < -0.3 is 5.73 Å². The maximum absolute atomic E-state index is 5.84. The smallest absolute Gasteiger partial charge is 0.138 e. The second-order valence-electron chi connectivity index (χ2n) is 4.43. The number of rotatable bonds is 6. The Hall–Kier alpha value is -0.900. The lowest BCUT2D eigenvalue weighted by Crippen LogP contribution is -2.30. The van der Waals surface area contributed by atoms with Crippen LogP contribution >= 0.6 is 0 Å². The van der Waals surface area contributed by atoms with Crippen molar-refractivity contribution in [2.75, 3.05) is 6.54 Å². The monoisotopic (exact) mass is 210 g/mol. The highest BCUT2D eigenvalue weighted by Crippen LogP contribution is 2.25. The van der Waals surface area contributed by atoms with E-state index in [1.54, 1.807) is 6.33 Å². The van der Waals surface area contributed by atoms with Gasteiger partial charge in [0, 0.05) is 13.0 Å². The fourth-order valence-electron chi connectivity index (χ4n) is 1.94. The van der Waals surface area contributed by atoms with Crippen molar-refractivity contribution in [3.8, 4) is 0 Å². The van der Waals surface area contributed by atoms with Crippen molar-refractivity contribution >= 4 is 0 Å². The first-order valence-corrected chi connectivity index (χ1v) is 5.72. The largest absolute Gasteiger partial charge is 0.330 e. The minimum Gasteiger partial charge on any atom is -0.330 e. The van der Waals surface area contributed by atoms with Gasteiger partial charge in [-0.05, 0) is 25.3 Å². The standard InChI is InChI=1S/C11H22N4/c1-4-6-11(3,8-12)7-10-13-9-14-15(10)5-2/h9H,4-8,12H2,1-3H3. The van der Waals surface area contributed by atoms with Crippen molar-refractivity contribution in [1.82, 2.24) is 14.8 Å². The molecule has 0 spiro atoms. The summed E-state index contributed by atoms with van der Waals surface area (Å²) in [5.74, 6) is 1.05. The van der Waals surface area contributed by atoms with Crippen LogP contribution < -0.4 is 5.73 Å². The minimum absolute atomic E-state index is 0.161. The van der Waals surface area contributed by atoms with Crippen LogP contribution in [0.25, 0.3) is 0 Å². The molecule has 0 aliphatic heterocycles. The first kappa shape index (κ1) is 12.2. The fourth-order valence-corrected chi connectivity index (χ4v) is 1.94. The number of hydrogen-bond donors (Lipinski definition) is 1. The lowest BCUT2D eigenvalue weighted by atomic mass is 9.82. The summed E-state index contributed by atoms with van der Waals surface area (Å²) in [4.78, 5) is 4.30. The highest BCUT2D eigenvalue weighted by molar-refractivity contribution is 4.92. The number of nitrogens with zero attached hydrogens (tertiary/aromatic N) is 3. The normalized spacial score (nSPS) is 15.2. The zero-order valence-electron chi connectivity index (χ0n) is 10.0. The Bertz CT molecular complexity index is 295. The van der Waals surface area contributed by atoms with Crippen LogP contribution in [0, 0.1) is 5.41 Å². The Morgan fingerprint density at radius 2 is 2.20 bits per heavy atom. The first-order chi connectivity index (χ1) is 7.15. The summed E-state index contributed by atoms with van der Waals surface area (Å²) in [7, 11) is 0. The molecule has 0 saturated heterocycles. The van der Waals surface area contributed by atoms with Gasteiger partial charge in [-0.25, -0.2) is 4.98 Å². The summed E-state index contributed by atoms with van der Waals surface area (Å²) in [6.45, 7) is 8.08. The van der Waals surface area contributed by atoms with Gasteiger partial charge in [-0.2, -0.15) is 5.10 Å². The van der Waals surface area contributed by atoms with E-state index in [1.807, 2.05) is 4.68 Å². The number of aryl methyl sites for hydroxylation is 1. The maximum Gasteiger partial charge on any atom is 0.138 e. The van der Waals surface area contributed by atoms with Crippen LogP contribution in [-0.2, 0) is 13.0 Å². The summed E-state index contributed by atoms with van der Waals surface area (Å²) < 4.78 is 1.95. The quantitative estimate of drug-likeness (QED) is 0.776. The minimum atomic E-state index is 0.161. The third-order valence-corrected chi connectivity index (χ3v) is 2.93. The van der Waals surface area contributed by atoms with Crippen molar-refractivity contribution in [3.05, 3.63) is 12.2 Å². The zero-order chi connectivity index (χ0) is 11.3. The van der Waals surface area contributed by atoms with Gasteiger partial charge in [-0.15, -0.1) is 0 Å². The van der Waals surface area contributed by atoms with Crippen molar-refractivity contribution < 1.29 is 0 Å². The highest BCUT2D eigenvalue weighted by Gasteiger charge is 2.24. The second-order valence-corrected chi connectivity index (χ2v) is 4.43. The van der Waals surface area contributed by atoms with Gasteiger partial charge >= 0.3 is 0 Å². The van der Waals surface area contributed by atoms with Gasteiger partial charge in [0.2, 0.25) is 0 Å². The molecule has 15 heavy (non-hydrogen) atoms. The molecule has 1 aromatic rings. The molecule has 4 heteroatoms. The molecular formula is C11H22N4. The number of aromatic nitrogens is 3. The van der Waals surface area contributed by atoms with Crippen LogP contribution in [-0.4, -0.2) is 21.3 Å². The Morgan fingerprint density at radius 3 is 2.73 bits per heavy atom. The molecule has 1 aromatic heterocycles. The molecule has 2 N–H and O–H groups in total. The second kappa shape index (κ2) is 5.26. The van der Waals surface area contributed by atoms with Crippen LogP contribution in [0.3, 0.4) is 0 Å². The Morgan fingerprint density at radius 1 is 1.47 bits per heavy atom. The maximum atomic E-state index is 5.84. The summed E-state index contributed by atoms with van der Waals surface area (Å²) >= 11 is 0. The Kier molecular flexibility index (Phi) is 4.27. The van der Waals surface area contributed by atoms with E-state index in [2.05, 4.69) is 30.9 Å². The third-order valence-electron chi connectivity index (χ3n) is 2.93. The lowest BCUT2D eigenvalue weighted by Gasteiger charge is -2.26. The molecule has 0 bridgehead atoms. The van der Waals surface area contributed by atoms with Crippen molar-refractivity contribution in [3.63, 3.8) is 0 Å². The molecule has 1 atom stereocenters. The van der Waals surface area contributed by atoms with Crippen LogP contribution in [0.2, 0.25) is 0 Å². The van der Waals surface area contributed by atoms with Crippen molar-refractivity contribution in [1.29, 1.82) is 0 Å². The summed E-state index contributed by atoms with van der Waals surface area (Å²) in [6, 6.07) is 0. The van der Waals surface area contributed by atoms with E-state index >= 15 is 0 Å². The van der Waals surface area contributed by atoms with Crippen LogP contribution in [0.1, 0.15) is 39.4 Å². The molecule has 0 aliphatic rings. The van der Waals surface area contributed by atoms with E-state index in [4.69, 9.17) is 5.73 Å². The van der Waals surface area contributed by atoms with Crippen LogP contribution in [0.5, 0.6) is 0 Å². The van der Waals surface area contributed by atoms with Gasteiger partial charge in [-0.3, -0.25) is 4.68 Å². The molecule has 4 nitrogen and oxygen atoms in total. The van der Waals surface area contributed by atoms with E-state index in [0.717, 1.165) is 31.6 Å². The van der Waals surface area contributed by atoms with Crippen LogP contribution in [0.4, 0.5) is 0 Å². The molecule has 0 saturated carbocycles. The zero-order valence-corrected chi connectivity index (χ0v) is 10.0. The van der Waals surface area contributed by atoms with E-state index in [0.29, 0.717) is 6.54 Å². The average molecular weight is 210 g/mol. The van der Waals surface area contributed by atoms with E-state index in [1.165, 1.54) is 0 Å².